The summed E-state index contributed by atoms with van der Waals surface area (Å²) in [5.74, 6) is -1.67. The highest BCUT2D eigenvalue weighted by molar-refractivity contribution is 6.03. The number of halogens is 7. The summed E-state index contributed by atoms with van der Waals surface area (Å²) < 4.78 is 102. The van der Waals surface area contributed by atoms with Crippen molar-refractivity contribution in [3.8, 4) is 11.1 Å². The number of hydrogen-bond acceptors (Lipinski definition) is 6. The molecule has 2 fully saturated rings. The molecule has 0 N–H and O–H groups in total. The number of cyclic esters (lactones) is 1. The summed E-state index contributed by atoms with van der Waals surface area (Å²) in [5.41, 5.74) is -2.82. The zero-order chi connectivity index (χ0) is 42.3. The van der Waals surface area contributed by atoms with Gasteiger partial charge in [-0.25, -0.2) is 19.1 Å². The van der Waals surface area contributed by atoms with Crippen LogP contribution in [0.1, 0.15) is 61.4 Å². The number of ether oxygens (including phenoxy) is 1. The molecule has 3 amide bonds. The first kappa shape index (κ1) is 42.1. The number of nitrogens with zero attached hydrogens (tertiary/aromatic N) is 4. The van der Waals surface area contributed by atoms with Crippen LogP contribution in [0.2, 0.25) is 0 Å². The molecular weight excluding hydrogens is 769 g/mol. The molecule has 3 aromatic carbocycles. The maximum Gasteiger partial charge on any atom is 0.416 e. The fourth-order valence-corrected chi connectivity index (χ4v) is 7.81. The van der Waals surface area contributed by atoms with Gasteiger partial charge in [0, 0.05) is 31.6 Å². The van der Waals surface area contributed by atoms with Gasteiger partial charge in [0.1, 0.15) is 18.2 Å². The summed E-state index contributed by atoms with van der Waals surface area (Å²) in [6.45, 7) is 7.05. The van der Waals surface area contributed by atoms with Crippen LogP contribution in [0.4, 0.5) is 47.0 Å². The average molecular weight is 813 g/mol. The van der Waals surface area contributed by atoms with Crippen LogP contribution in [-0.2, 0) is 38.5 Å². The summed E-state index contributed by atoms with van der Waals surface area (Å²) in [6, 6.07) is 16.0. The molecular formula is C43H43F7N4O4. The van der Waals surface area contributed by atoms with E-state index in [-0.39, 0.29) is 30.2 Å². The Balaban J connectivity index is 1.25. The zero-order valence-electron chi connectivity index (χ0n) is 32.5. The fraction of sp³-hybridized carbons (Fsp3) is 0.395. The van der Waals surface area contributed by atoms with Crippen molar-refractivity contribution in [3.63, 3.8) is 0 Å². The normalized spacial score (nSPS) is 17.3. The van der Waals surface area contributed by atoms with Gasteiger partial charge in [-0.15, -0.1) is 0 Å². The van der Waals surface area contributed by atoms with E-state index in [0.29, 0.717) is 67.0 Å². The highest BCUT2D eigenvalue weighted by atomic mass is 19.4. The predicted molar refractivity (Wildman–Crippen MR) is 203 cm³/mol. The number of anilines is 2. The van der Waals surface area contributed by atoms with Crippen molar-refractivity contribution in [2.24, 2.45) is 11.8 Å². The van der Waals surface area contributed by atoms with Gasteiger partial charge in [0.05, 0.1) is 34.5 Å². The van der Waals surface area contributed by atoms with E-state index in [9.17, 15) is 45.1 Å². The van der Waals surface area contributed by atoms with Gasteiger partial charge in [-0.2, -0.15) is 26.3 Å². The molecule has 58 heavy (non-hydrogen) atoms. The molecule has 0 radical (unpaired) electrons. The monoisotopic (exact) mass is 812 g/mol. The van der Waals surface area contributed by atoms with Crippen molar-refractivity contribution >= 4 is 29.4 Å². The third kappa shape index (κ3) is 8.68. The van der Waals surface area contributed by atoms with Crippen molar-refractivity contribution in [3.05, 3.63) is 113 Å². The van der Waals surface area contributed by atoms with Gasteiger partial charge in [0.2, 0.25) is 11.8 Å². The van der Waals surface area contributed by atoms with E-state index in [1.54, 1.807) is 13.0 Å². The lowest BCUT2D eigenvalue weighted by Crippen LogP contribution is -2.46. The Bertz CT molecular complexity index is 2150. The second-order valence-electron chi connectivity index (χ2n) is 15.5. The fourth-order valence-electron chi connectivity index (χ4n) is 7.81. The van der Waals surface area contributed by atoms with Crippen LogP contribution < -0.4 is 9.80 Å². The molecule has 8 nitrogen and oxygen atoms in total. The van der Waals surface area contributed by atoms with E-state index in [0.717, 1.165) is 10.5 Å². The molecule has 3 heterocycles. The first-order valence-electron chi connectivity index (χ1n) is 18.8. The van der Waals surface area contributed by atoms with Crippen LogP contribution in [0.5, 0.6) is 0 Å². The SMILES string of the molecule is Cc1cc(F)ccc1-c1cc(N2CCC([C@H](C)C(=O)N3C(=O)OC[C@@H]3Cc3ccccc3)CC2)ncc1N(C)C(=O)C(C)(C)c1cc(C(F)(F)F)cc(C(F)(F)F)c1. The molecule has 0 unspecified atom stereocenters. The maximum absolute atomic E-state index is 14.3. The zero-order valence-corrected chi connectivity index (χ0v) is 32.5. The number of rotatable bonds is 9. The Labute approximate surface area is 331 Å². The topological polar surface area (TPSA) is 83.1 Å². The standard InChI is InChI=1S/C43H43F7N4O4/c1-25-17-32(44)11-12-34(25)35-22-37(51-23-36(35)52(5)39(56)41(3,4)29-19-30(42(45,46)47)21-31(20-29)43(48,49)50)53-15-13-28(14-16-53)26(2)38(55)54-33(24-58-40(54)57)18-27-9-7-6-8-10-27/h6-12,17,19-23,26,28,33H,13-16,18,24H2,1-5H3/t26-,33-/m0/s1. The molecule has 0 saturated carbocycles. The number of benzene rings is 3. The summed E-state index contributed by atoms with van der Waals surface area (Å²) in [6.07, 6.45) is -7.83. The number of alkyl halides is 6. The predicted octanol–water partition coefficient (Wildman–Crippen LogP) is 9.62. The molecule has 308 valence electrons. The van der Waals surface area contributed by atoms with Gasteiger partial charge in [-0.05, 0) is 105 Å². The summed E-state index contributed by atoms with van der Waals surface area (Å²) in [4.78, 5) is 49.7. The van der Waals surface area contributed by atoms with Gasteiger partial charge < -0.3 is 14.5 Å². The lowest BCUT2D eigenvalue weighted by atomic mass is 9.81. The van der Waals surface area contributed by atoms with Crippen molar-refractivity contribution in [1.82, 2.24) is 9.88 Å². The molecule has 2 aliphatic rings. The quantitative estimate of drug-likeness (QED) is 0.157. The average Bonchev–Trinajstić information content (AvgIpc) is 3.55. The number of piperidine rings is 1. The Morgan fingerprint density at radius 1 is 0.879 bits per heavy atom. The first-order chi connectivity index (χ1) is 27.2. The Kier molecular flexibility index (Phi) is 11.7. The van der Waals surface area contributed by atoms with Crippen molar-refractivity contribution in [1.29, 1.82) is 0 Å². The van der Waals surface area contributed by atoms with Gasteiger partial charge in [-0.3, -0.25) is 9.59 Å². The molecule has 0 bridgehead atoms. The lowest BCUT2D eigenvalue weighted by molar-refractivity contribution is -0.143. The van der Waals surface area contributed by atoms with E-state index >= 15 is 0 Å². The smallest absolute Gasteiger partial charge is 0.416 e. The number of pyridine rings is 1. The van der Waals surface area contributed by atoms with E-state index in [4.69, 9.17) is 4.74 Å². The third-order valence-electron chi connectivity index (χ3n) is 11.3. The molecule has 15 heteroatoms. The lowest BCUT2D eigenvalue weighted by Gasteiger charge is -2.37. The Morgan fingerprint density at radius 3 is 2.07 bits per heavy atom. The van der Waals surface area contributed by atoms with Crippen LogP contribution >= 0.6 is 0 Å². The Morgan fingerprint density at radius 2 is 1.48 bits per heavy atom. The molecule has 2 saturated heterocycles. The number of aryl methyl sites for hydroxylation is 1. The molecule has 6 rings (SSSR count). The number of imide groups is 1. The summed E-state index contributed by atoms with van der Waals surface area (Å²) in [5, 5.41) is 0. The van der Waals surface area contributed by atoms with Gasteiger partial charge in [-0.1, -0.05) is 43.3 Å². The van der Waals surface area contributed by atoms with Gasteiger partial charge >= 0.3 is 18.4 Å². The minimum atomic E-state index is -5.11. The largest absolute Gasteiger partial charge is 0.447 e. The van der Waals surface area contributed by atoms with E-state index in [1.165, 1.54) is 50.2 Å². The second-order valence-corrected chi connectivity index (χ2v) is 15.5. The molecule has 0 aliphatic carbocycles. The highest BCUT2D eigenvalue weighted by Crippen LogP contribution is 2.42. The minimum absolute atomic E-state index is 0.0130. The van der Waals surface area contributed by atoms with Gasteiger partial charge in [0.15, 0.2) is 0 Å². The number of aromatic nitrogens is 1. The van der Waals surface area contributed by atoms with Gasteiger partial charge in [0.25, 0.3) is 0 Å². The van der Waals surface area contributed by atoms with E-state index < -0.39 is 64.2 Å². The van der Waals surface area contributed by atoms with Crippen molar-refractivity contribution in [2.75, 3.05) is 36.5 Å². The molecule has 2 atom stereocenters. The van der Waals surface area contributed by atoms with Crippen molar-refractivity contribution < 1.29 is 49.9 Å². The number of carbonyl (C=O) groups is 3. The maximum atomic E-state index is 14.3. The Hall–Kier alpha value is -5.47. The summed E-state index contributed by atoms with van der Waals surface area (Å²) in [7, 11) is 1.35. The first-order valence-corrected chi connectivity index (χ1v) is 18.8. The third-order valence-corrected chi connectivity index (χ3v) is 11.3. The molecule has 1 aromatic heterocycles. The van der Waals surface area contributed by atoms with Crippen LogP contribution in [0.25, 0.3) is 11.1 Å². The second kappa shape index (κ2) is 16.1. The van der Waals surface area contributed by atoms with Crippen molar-refractivity contribution in [2.45, 2.75) is 70.8 Å². The van der Waals surface area contributed by atoms with Crippen LogP contribution in [0.15, 0.2) is 79.0 Å². The minimum Gasteiger partial charge on any atom is -0.447 e. The van der Waals surface area contributed by atoms with Crippen LogP contribution in [0.3, 0.4) is 0 Å². The molecule has 0 spiro atoms. The number of likely N-dealkylation sites (N-methyl/N-ethyl adjacent to an activating group) is 1. The van der Waals surface area contributed by atoms with Crippen LogP contribution in [0, 0.1) is 24.6 Å². The van der Waals surface area contributed by atoms with E-state index in [2.05, 4.69) is 4.98 Å². The molecule has 2 aliphatic heterocycles. The van der Waals surface area contributed by atoms with E-state index in [1.807, 2.05) is 42.2 Å². The van der Waals surface area contributed by atoms with Crippen LogP contribution in [-0.4, -0.2) is 60.6 Å². The number of hydrogen-bond donors (Lipinski definition) is 0. The highest BCUT2D eigenvalue weighted by Gasteiger charge is 2.43. The number of carbonyl (C=O) groups excluding carboxylic acids is 3. The number of amides is 3. The molecule has 4 aromatic rings. The summed E-state index contributed by atoms with van der Waals surface area (Å²) >= 11 is 0.